The molecule has 1 N–H and O–H groups in total. The zero-order valence-electron chi connectivity index (χ0n) is 10.9. The molecule has 0 bridgehead atoms. The number of hydrogen-bond donors (Lipinski definition) is 1. The summed E-state index contributed by atoms with van der Waals surface area (Å²) in [6.45, 7) is 0.187. The predicted octanol–water partition coefficient (Wildman–Crippen LogP) is 3.43. The highest BCUT2D eigenvalue weighted by Crippen LogP contribution is 2.27. The molecule has 0 saturated carbocycles. The van der Waals surface area contributed by atoms with Crippen molar-refractivity contribution in [1.29, 1.82) is 0 Å². The number of benzene rings is 2. The third kappa shape index (κ3) is 3.32. The summed E-state index contributed by atoms with van der Waals surface area (Å²) in [5.74, 6) is 0.379. The van der Waals surface area contributed by atoms with Crippen LogP contribution in [0, 0.1) is 5.82 Å². The molecule has 0 radical (unpaired) electrons. The Morgan fingerprint density at radius 2 is 1.84 bits per heavy atom. The van der Waals surface area contributed by atoms with Crippen molar-refractivity contribution in [3.63, 3.8) is 0 Å². The van der Waals surface area contributed by atoms with Gasteiger partial charge in [0.2, 0.25) is 0 Å². The largest absolute Gasteiger partial charge is 0.497 e. The van der Waals surface area contributed by atoms with E-state index in [0.29, 0.717) is 11.3 Å². The van der Waals surface area contributed by atoms with E-state index in [0.717, 1.165) is 24.0 Å². The second-order valence-corrected chi connectivity index (χ2v) is 4.37. The summed E-state index contributed by atoms with van der Waals surface area (Å²) in [6.07, 6.45) is 1.57. The number of rotatable bonds is 5. The smallest absolute Gasteiger partial charge is 0.131 e. The first-order valence-electron chi connectivity index (χ1n) is 6.28. The Kier molecular flexibility index (Phi) is 4.53. The molecule has 3 heteroatoms. The van der Waals surface area contributed by atoms with Gasteiger partial charge < -0.3 is 9.84 Å². The van der Waals surface area contributed by atoms with E-state index in [4.69, 9.17) is 9.84 Å². The van der Waals surface area contributed by atoms with Crippen LogP contribution in [-0.2, 0) is 6.42 Å². The van der Waals surface area contributed by atoms with Crippen LogP contribution in [-0.4, -0.2) is 18.8 Å². The van der Waals surface area contributed by atoms with Crippen LogP contribution in [0.4, 0.5) is 4.39 Å². The highest BCUT2D eigenvalue weighted by Gasteiger charge is 2.06. The zero-order valence-corrected chi connectivity index (χ0v) is 10.9. The number of methoxy groups -OCH3 is 1. The number of aliphatic hydroxyl groups excluding tert-OH is 1. The minimum atomic E-state index is -0.260. The van der Waals surface area contributed by atoms with E-state index in [-0.39, 0.29) is 12.4 Å². The van der Waals surface area contributed by atoms with Gasteiger partial charge in [-0.05, 0) is 42.2 Å². The zero-order chi connectivity index (χ0) is 13.7. The lowest BCUT2D eigenvalue weighted by Gasteiger charge is -2.07. The Labute approximate surface area is 112 Å². The first-order valence-corrected chi connectivity index (χ1v) is 6.28. The summed E-state index contributed by atoms with van der Waals surface area (Å²) in [6, 6.07) is 12.4. The number of aliphatic hydroxyl groups is 1. The van der Waals surface area contributed by atoms with Crippen molar-refractivity contribution in [2.75, 3.05) is 13.7 Å². The Morgan fingerprint density at radius 1 is 1.11 bits per heavy atom. The minimum Gasteiger partial charge on any atom is -0.497 e. The number of hydrogen-bond acceptors (Lipinski definition) is 2. The van der Waals surface area contributed by atoms with Crippen LogP contribution in [0.3, 0.4) is 0 Å². The van der Waals surface area contributed by atoms with Gasteiger partial charge in [-0.2, -0.15) is 0 Å². The average molecular weight is 260 g/mol. The van der Waals surface area contributed by atoms with E-state index in [9.17, 15) is 4.39 Å². The Hall–Kier alpha value is -1.87. The van der Waals surface area contributed by atoms with Gasteiger partial charge in [-0.1, -0.05) is 24.3 Å². The van der Waals surface area contributed by atoms with E-state index in [1.54, 1.807) is 19.2 Å². The van der Waals surface area contributed by atoms with Crippen molar-refractivity contribution in [2.45, 2.75) is 12.8 Å². The summed E-state index contributed by atoms with van der Waals surface area (Å²) < 4.78 is 18.9. The summed E-state index contributed by atoms with van der Waals surface area (Å²) in [5.41, 5.74) is 2.50. The molecule has 2 aromatic rings. The molecule has 0 fully saturated rings. The maximum absolute atomic E-state index is 13.8. The molecule has 2 rings (SSSR count). The van der Waals surface area contributed by atoms with Crippen molar-refractivity contribution < 1.29 is 14.2 Å². The van der Waals surface area contributed by atoms with Gasteiger partial charge in [0.1, 0.15) is 11.6 Å². The van der Waals surface area contributed by atoms with E-state index in [1.165, 1.54) is 6.07 Å². The lowest BCUT2D eigenvalue weighted by molar-refractivity contribution is 0.288. The second kappa shape index (κ2) is 6.34. The van der Waals surface area contributed by atoms with Crippen LogP contribution in [0.25, 0.3) is 11.1 Å². The lowest BCUT2D eigenvalue weighted by atomic mass is 10.0. The van der Waals surface area contributed by atoms with Gasteiger partial charge in [0.25, 0.3) is 0 Å². The fourth-order valence-corrected chi connectivity index (χ4v) is 1.99. The quantitative estimate of drug-likeness (QED) is 0.892. The average Bonchev–Trinajstić information content (AvgIpc) is 2.46. The second-order valence-electron chi connectivity index (χ2n) is 4.37. The molecule has 0 unspecified atom stereocenters. The van der Waals surface area contributed by atoms with E-state index in [2.05, 4.69) is 0 Å². The van der Waals surface area contributed by atoms with Gasteiger partial charge in [-0.25, -0.2) is 4.39 Å². The molecular weight excluding hydrogens is 243 g/mol. The van der Waals surface area contributed by atoms with Gasteiger partial charge in [0.15, 0.2) is 0 Å². The maximum Gasteiger partial charge on any atom is 0.131 e. The molecule has 0 spiro atoms. The summed E-state index contributed by atoms with van der Waals surface area (Å²) in [4.78, 5) is 0. The molecule has 0 heterocycles. The van der Waals surface area contributed by atoms with Crippen LogP contribution in [0.15, 0.2) is 42.5 Å². The molecule has 0 aliphatic rings. The van der Waals surface area contributed by atoms with Gasteiger partial charge in [-0.15, -0.1) is 0 Å². The molecule has 0 atom stereocenters. The van der Waals surface area contributed by atoms with Crippen molar-refractivity contribution in [1.82, 2.24) is 0 Å². The number of aryl methyl sites for hydroxylation is 1. The molecule has 0 amide bonds. The molecule has 0 aliphatic heterocycles. The van der Waals surface area contributed by atoms with Crippen molar-refractivity contribution >= 4 is 0 Å². The van der Waals surface area contributed by atoms with Crippen LogP contribution in [0.5, 0.6) is 5.75 Å². The van der Waals surface area contributed by atoms with Gasteiger partial charge in [-0.3, -0.25) is 0 Å². The minimum absolute atomic E-state index is 0.187. The molecule has 100 valence electrons. The molecule has 2 nitrogen and oxygen atoms in total. The fourth-order valence-electron chi connectivity index (χ4n) is 1.99. The molecule has 2 aromatic carbocycles. The normalized spacial score (nSPS) is 10.5. The fraction of sp³-hybridized carbons (Fsp3) is 0.250. The molecule has 0 saturated heterocycles. The molecule has 0 aromatic heterocycles. The Bertz CT molecular complexity index is 535. The molecule has 19 heavy (non-hydrogen) atoms. The number of halogens is 1. The predicted molar refractivity (Wildman–Crippen MR) is 73.8 cm³/mol. The van der Waals surface area contributed by atoms with Gasteiger partial charge in [0, 0.05) is 12.2 Å². The van der Waals surface area contributed by atoms with Crippen molar-refractivity contribution in [2.24, 2.45) is 0 Å². The Morgan fingerprint density at radius 3 is 2.47 bits per heavy atom. The van der Waals surface area contributed by atoms with Gasteiger partial charge in [0.05, 0.1) is 7.11 Å². The standard InChI is InChI=1S/C16H17FO2/c1-19-14-8-9-16(17)15(11-14)13-6-4-12(5-7-13)3-2-10-18/h4-9,11,18H,2-3,10H2,1H3. The van der Waals surface area contributed by atoms with E-state index >= 15 is 0 Å². The van der Waals surface area contributed by atoms with Crippen LogP contribution in [0.1, 0.15) is 12.0 Å². The van der Waals surface area contributed by atoms with Crippen molar-refractivity contribution in [3.8, 4) is 16.9 Å². The summed E-state index contributed by atoms with van der Waals surface area (Å²) in [5, 5.41) is 8.79. The SMILES string of the molecule is COc1ccc(F)c(-c2ccc(CCCO)cc2)c1. The van der Waals surface area contributed by atoms with Crippen molar-refractivity contribution in [3.05, 3.63) is 53.8 Å². The summed E-state index contributed by atoms with van der Waals surface area (Å²) in [7, 11) is 1.56. The Balaban J connectivity index is 2.26. The van der Waals surface area contributed by atoms with E-state index < -0.39 is 0 Å². The molecular formula is C16H17FO2. The maximum atomic E-state index is 13.8. The highest BCUT2D eigenvalue weighted by molar-refractivity contribution is 5.66. The monoisotopic (exact) mass is 260 g/mol. The van der Waals surface area contributed by atoms with Crippen LogP contribution in [0.2, 0.25) is 0 Å². The highest BCUT2D eigenvalue weighted by atomic mass is 19.1. The molecule has 0 aliphatic carbocycles. The van der Waals surface area contributed by atoms with Gasteiger partial charge >= 0.3 is 0 Å². The van der Waals surface area contributed by atoms with Crippen LogP contribution >= 0.6 is 0 Å². The first-order chi connectivity index (χ1) is 9.24. The first kappa shape index (κ1) is 13.6. The number of ether oxygens (including phenoxy) is 1. The lowest BCUT2D eigenvalue weighted by Crippen LogP contribution is -1.91. The third-order valence-electron chi connectivity index (χ3n) is 3.06. The third-order valence-corrected chi connectivity index (χ3v) is 3.06. The topological polar surface area (TPSA) is 29.5 Å². The summed E-state index contributed by atoms with van der Waals surface area (Å²) >= 11 is 0. The van der Waals surface area contributed by atoms with E-state index in [1.807, 2.05) is 24.3 Å². The van der Waals surface area contributed by atoms with Crippen LogP contribution < -0.4 is 4.74 Å².